The van der Waals surface area contributed by atoms with Crippen LogP contribution >= 0.6 is 11.3 Å². The molecule has 0 atom stereocenters. The minimum Gasteiger partial charge on any atom is -0.368 e. The van der Waals surface area contributed by atoms with Gasteiger partial charge in [0.25, 0.3) is 0 Å². The van der Waals surface area contributed by atoms with Crippen molar-refractivity contribution in [1.29, 1.82) is 0 Å². The van der Waals surface area contributed by atoms with Crippen LogP contribution in [0, 0.1) is 6.92 Å². The SMILES string of the molecule is CCOC(CC)(CC)c1nc(C)c(CCN)s1. The number of thiazole rings is 1. The molecule has 17 heavy (non-hydrogen) atoms. The summed E-state index contributed by atoms with van der Waals surface area (Å²) < 4.78 is 5.98. The fraction of sp³-hybridized carbons (Fsp3) is 0.769. The Balaban J connectivity index is 3.06. The van der Waals surface area contributed by atoms with Crippen molar-refractivity contribution < 1.29 is 4.74 Å². The van der Waals surface area contributed by atoms with E-state index in [-0.39, 0.29) is 5.60 Å². The van der Waals surface area contributed by atoms with Crippen LogP contribution in [0.3, 0.4) is 0 Å². The van der Waals surface area contributed by atoms with E-state index in [1.54, 1.807) is 11.3 Å². The number of hydrogen-bond acceptors (Lipinski definition) is 4. The first-order valence-corrected chi connectivity index (χ1v) is 7.25. The van der Waals surface area contributed by atoms with Gasteiger partial charge in [-0.25, -0.2) is 4.98 Å². The Kier molecular flexibility index (Phi) is 5.56. The second-order valence-corrected chi connectivity index (χ2v) is 5.28. The number of aromatic nitrogens is 1. The number of hydrogen-bond donors (Lipinski definition) is 1. The van der Waals surface area contributed by atoms with Crippen molar-refractivity contribution in [2.45, 2.75) is 52.6 Å². The highest BCUT2D eigenvalue weighted by molar-refractivity contribution is 7.11. The van der Waals surface area contributed by atoms with E-state index < -0.39 is 0 Å². The molecule has 0 aromatic carbocycles. The third-order valence-corrected chi connectivity index (χ3v) is 4.62. The molecule has 0 unspecified atom stereocenters. The largest absolute Gasteiger partial charge is 0.368 e. The lowest BCUT2D eigenvalue weighted by molar-refractivity contribution is -0.0507. The third-order valence-electron chi connectivity index (χ3n) is 3.22. The topological polar surface area (TPSA) is 48.1 Å². The van der Waals surface area contributed by atoms with E-state index in [1.165, 1.54) is 4.88 Å². The number of ether oxygens (including phenoxy) is 1. The Labute approximate surface area is 108 Å². The molecule has 0 bridgehead atoms. The monoisotopic (exact) mass is 256 g/mol. The maximum atomic E-state index is 5.98. The van der Waals surface area contributed by atoms with Gasteiger partial charge in [0.15, 0.2) is 0 Å². The lowest BCUT2D eigenvalue weighted by Crippen LogP contribution is -2.28. The maximum Gasteiger partial charge on any atom is 0.125 e. The summed E-state index contributed by atoms with van der Waals surface area (Å²) in [6, 6.07) is 0. The van der Waals surface area contributed by atoms with E-state index in [1.807, 2.05) is 6.92 Å². The summed E-state index contributed by atoms with van der Waals surface area (Å²) in [6.45, 7) is 9.85. The molecule has 0 saturated heterocycles. The molecule has 0 saturated carbocycles. The molecule has 0 aliphatic heterocycles. The molecule has 2 N–H and O–H groups in total. The van der Waals surface area contributed by atoms with Crippen molar-refractivity contribution >= 4 is 11.3 Å². The van der Waals surface area contributed by atoms with Crippen molar-refractivity contribution in [1.82, 2.24) is 4.98 Å². The fourth-order valence-electron chi connectivity index (χ4n) is 2.08. The predicted octanol–water partition coefficient (Wildman–Crippen LogP) is 3.00. The van der Waals surface area contributed by atoms with Gasteiger partial charge >= 0.3 is 0 Å². The standard InChI is InChI=1S/C13H24N2OS/c1-5-13(6-2,16-7-3)12-15-10(4)11(17-12)8-9-14/h5-9,14H2,1-4H3. The summed E-state index contributed by atoms with van der Waals surface area (Å²) in [5, 5.41) is 1.12. The van der Waals surface area contributed by atoms with Crippen LogP contribution in [0.2, 0.25) is 0 Å². The van der Waals surface area contributed by atoms with E-state index >= 15 is 0 Å². The number of nitrogens with zero attached hydrogens (tertiary/aromatic N) is 1. The first-order valence-electron chi connectivity index (χ1n) is 6.44. The molecule has 1 aromatic heterocycles. The molecule has 3 nitrogen and oxygen atoms in total. The smallest absolute Gasteiger partial charge is 0.125 e. The number of aryl methyl sites for hydroxylation is 1. The van der Waals surface area contributed by atoms with Gasteiger partial charge in [0.2, 0.25) is 0 Å². The van der Waals surface area contributed by atoms with E-state index in [9.17, 15) is 0 Å². The van der Waals surface area contributed by atoms with Crippen molar-refractivity contribution in [2.75, 3.05) is 13.2 Å². The van der Waals surface area contributed by atoms with Crippen molar-refractivity contribution in [2.24, 2.45) is 5.73 Å². The molecule has 0 fully saturated rings. The summed E-state index contributed by atoms with van der Waals surface area (Å²) in [4.78, 5) is 6.00. The van der Waals surface area contributed by atoms with Crippen LogP contribution in [0.25, 0.3) is 0 Å². The van der Waals surface area contributed by atoms with Gasteiger partial charge < -0.3 is 10.5 Å². The van der Waals surface area contributed by atoms with E-state index in [0.29, 0.717) is 6.54 Å². The molecule has 0 spiro atoms. The second kappa shape index (κ2) is 6.47. The molecule has 0 aliphatic carbocycles. The summed E-state index contributed by atoms with van der Waals surface area (Å²) in [5.74, 6) is 0. The Hall–Kier alpha value is -0.450. The van der Waals surface area contributed by atoms with Crippen molar-refractivity contribution in [3.63, 3.8) is 0 Å². The van der Waals surface area contributed by atoms with Crippen LogP contribution in [0.5, 0.6) is 0 Å². The van der Waals surface area contributed by atoms with Gasteiger partial charge in [-0.3, -0.25) is 0 Å². The molecular formula is C13H24N2OS. The van der Waals surface area contributed by atoms with Crippen LogP contribution in [-0.4, -0.2) is 18.1 Å². The van der Waals surface area contributed by atoms with E-state index in [0.717, 1.165) is 36.6 Å². The Morgan fingerprint density at radius 1 is 1.29 bits per heavy atom. The fourth-order valence-corrected chi connectivity index (χ4v) is 3.44. The molecule has 1 rings (SSSR count). The zero-order chi connectivity index (χ0) is 12.9. The minimum absolute atomic E-state index is 0.197. The molecule has 98 valence electrons. The van der Waals surface area contributed by atoms with Crippen molar-refractivity contribution in [3.05, 3.63) is 15.6 Å². The van der Waals surface area contributed by atoms with Gasteiger partial charge in [-0.05, 0) is 39.7 Å². The Morgan fingerprint density at radius 3 is 2.41 bits per heavy atom. The van der Waals surface area contributed by atoms with Crippen LogP contribution in [0.4, 0.5) is 0 Å². The average Bonchev–Trinajstić information content (AvgIpc) is 2.69. The highest BCUT2D eigenvalue weighted by Gasteiger charge is 2.32. The van der Waals surface area contributed by atoms with Crippen molar-refractivity contribution in [3.8, 4) is 0 Å². The van der Waals surface area contributed by atoms with Crippen LogP contribution < -0.4 is 5.73 Å². The van der Waals surface area contributed by atoms with Crippen LogP contribution in [0.15, 0.2) is 0 Å². The van der Waals surface area contributed by atoms with Gasteiger partial charge in [-0.1, -0.05) is 13.8 Å². The molecule has 1 heterocycles. The summed E-state index contributed by atoms with van der Waals surface area (Å²) in [7, 11) is 0. The van der Waals surface area contributed by atoms with Gasteiger partial charge in [0, 0.05) is 11.5 Å². The number of rotatable bonds is 7. The molecule has 1 aromatic rings. The normalized spacial score (nSPS) is 12.1. The van der Waals surface area contributed by atoms with Gasteiger partial charge in [0.1, 0.15) is 10.6 Å². The zero-order valence-corrected chi connectivity index (χ0v) is 12.2. The highest BCUT2D eigenvalue weighted by Crippen LogP contribution is 2.36. The molecule has 0 radical (unpaired) electrons. The minimum atomic E-state index is -0.197. The van der Waals surface area contributed by atoms with Crippen LogP contribution in [-0.2, 0) is 16.8 Å². The summed E-state index contributed by atoms with van der Waals surface area (Å²) >= 11 is 1.76. The molecular weight excluding hydrogens is 232 g/mol. The average molecular weight is 256 g/mol. The lowest BCUT2D eigenvalue weighted by atomic mass is 9.98. The Morgan fingerprint density at radius 2 is 1.94 bits per heavy atom. The lowest BCUT2D eigenvalue weighted by Gasteiger charge is -2.29. The zero-order valence-electron chi connectivity index (χ0n) is 11.4. The molecule has 4 heteroatoms. The highest BCUT2D eigenvalue weighted by atomic mass is 32.1. The van der Waals surface area contributed by atoms with Gasteiger partial charge in [-0.2, -0.15) is 0 Å². The van der Waals surface area contributed by atoms with Gasteiger partial charge in [-0.15, -0.1) is 11.3 Å². The van der Waals surface area contributed by atoms with Gasteiger partial charge in [0.05, 0.1) is 5.69 Å². The Bertz CT molecular complexity index is 345. The molecule has 0 aliphatic rings. The maximum absolute atomic E-state index is 5.98. The quantitative estimate of drug-likeness (QED) is 0.816. The summed E-state index contributed by atoms with van der Waals surface area (Å²) in [6.07, 6.45) is 2.85. The summed E-state index contributed by atoms with van der Waals surface area (Å²) in [5.41, 5.74) is 6.53. The van der Waals surface area contributed by atoms with E-state index in [4.69, 9.17) is 15.5 Å². The first kappa shape index (κ1) is 14.6. The first-order chi connectivity index (χ1) is 8.13. The number of nitrogens with two attached hydrogens (primary N) is 1. The second-order valence-electron chi connectivity index (χ2n) is 4.20. The van der Waals surface area contributed by atoms with E-state index in [2.05, 4.69) is 20.8 Å². The molecule has 0 amide bonds. The third kappa shape index (κ3) is 3.06. The predicted molar refractivity (Wildman–Crippen MR) is 73.5 cm³/mol. The van der Waals surface area contributed by atoms with Crippen LogP contribution in [0.1, 0.15) is 49.2 Å².